The normalized spacial score (nSPS) is 22.6. The van der Waals surface area contributed by atoms with Gasteiger partial charge in [0.2, 0.25) is 11.9 Å². The third kappa shape index (κ3) is 3.65. The number of nitrogens with one attached hydrogen (secondary N) is 1. The molecule has 2 heterocycles. The van der Waals surface area contributed by atoms with Crippen LogP contribution in [0.5, 0.6) is 0 Å². The molecule has 22 heavy (non-hydrogen) atoms. The average molecular weight is 317 g/mol. The lowest BCUT2D eigenvalue weighted by atomic mass is 9.94. The molecule has 1 fully saturated rings. The van der Waals surface area contributed by atoms with Gasteiger partial charge in [-0.05, 0) is 7.05 Å². The van der Waals surface area contributed by atoms with Crippen LogP contribution in [-0.4, -0.2) is 61.2 Å². The van der Waals surface area contributed by atoms with E-state index in [0.29, 0.717) is 5.95 Å². The van der Waals surface area contributed by atoms with Crippen molar-refractivity contribution in [3.8, 4) is 0 Å². The summed E-state index contributed by atoms with van der Waals surface area (Å²) in [5.41, 5.74) is 0.283. The lowest BCUT2D eigenvalue weighted by Crippen LogP contribution is -2.36. The molecule has 2 rings (SSSR count). The standard InChI is InChI=1S/C13H18F3N5O/c1-20(2)12-17-4-8(5-18-12)19-11(22)9-6-21(3)7-10(9)13(14,15)16/h4-5,9-10H,6-7H2,1-3H3,(H,19,22)/t9-,10-/m1/s1. The van der Waals surface area contributed by atoms with Crippen molar-refractivity contribution < 1.29 is 18.0 Å². The maximum atomic E-state index is 13.0. The number of hydrogen-bond acceptors (Lipinski definition) is 5. The first kappa shape index (κ1) is 16.5. The predicted molar refractivity (Wildman–Crippen MR) is 75.5 cm³/mol. The molecular weight excluding hydrogens is 299 g/mol. The van der Waals surface area contributed by atoms with E-state index in [1.807, 2.05) is 0 Å². The van der Waals surface area contributed by atoms with Crippen LogP contribution in [0.2, 0.25) is 0 Å². The minimum Gasteiger partial charge on any atom is -0.347 e. The van der Waals surface area contributed by atoms with Crippen LogP contribution in [-0.2, 0) is 4.79 Å². The summed E-state index contributed by atoms with van der Waals surface area (Å²) >= 11 is 0. The van der Waals surface area contributed by atoms with Crippen molar-refractivity contribution in [2.24, 2.45) is 11.8 Å². The summed E-state index contributed by atoms with van der Waals surface area (Å²) in [6.07, 6.45) is -1.64. The molecule has 2 atom stereocenters. The van der Waals surface area contributed by atoms with Gasteiger partial charge in [0.25, 0.3) is 0 Å². The smallest absolute Gasteiger partial charge is 0.347 e. The number of alkyl halides is 3. The van der Waals surface area contributed by atoms with Crippen LogP contribution in [0.3, 0.4) is 0 Å². The van der Waals surface area contributed by atoms with Gasteiger partial charge in [-0.1, -0.05) is 0 Å². The van der Waals surface area contributed by atoms with Crippen molar-refractivity contribution in [2.45, 2.75) is 6.18 Å². The number of carbonyl (C=O) groups excluding carboxylic acids is 1. The Labute approximate surface area is 126 Å². The predicted octanol–water partition coefficient (Wildman–Crippen LogP) is 1.22. The number of anilines is 2. The van der Waals surface area contributed by atoms with Gasteiger partial charge in [0.1, 0.15) is 0 Å². The highest BCUT2D eigenvalue weighted by Gasteiger charge is 2.51. The minimum absolute atomic E-state index is 0.0760. The molecule has 0 bridgehead atoms. The van der Waals surface area contributed by atoms with Crippen LogP contribution in [0.1, 0.15) is 0 Å². The van der Waals surface area contributed by atoms with Gasteiger partial charge in [0.15, 0.2) is 0 Å². The zero-order valence-corrected chi connectivity index (χ0v) is 12.6. The van der Waals surface area contributed by atoms with E-state index in [2.05, 4.69) is 15.3 Å². The molecule has 0 spiro atoms. The summed E-state index contributed by atoms with van der Waals surface area (Å²) in [7, 11) is 5.09. The highest BCUT2D eigenvalue weighted by Crippen LogP contribution is 2.37. The number of nitrogens with zero attached hydrogens (tertiary/aromatic N) is 4. The number of likely N-dealkylation sites (tertiary alicyclic amines) is 1. The molecule has 1 saturated heterocycles. The van der Waals surface area contributed by atoms with Crippen LogP contribution < -0.4 is 10.2 Å². The van der Waals surface area contributed by atoms with E-state index in [-0.39, 0.29) is 18.8 Å². The second-order valence-corrected chi connectivity index (χ2v) is 5.63. The Kier molecular flexibility index (Phi) is 4.55. The molecule has 0 aliphatic carbocycles. The van der Waals surface area contributed by atoms with Crippen molar-refractivity contribution >= 4 is 17.5 Å². The summed E-state index contributed by atoms with van der Waals surface area (Å²) in [4.78, 5) is 23.3. The molecule has 0 saturated carbocycles. The minimum atomic E-state index is -4.39. The maximum Gasteiger partial charge on any atom is 0.393 e. The first-order chi connectivity index (χ1) is 10.2. The number of hydrogen-bond donors (Lipinski definition) is 1. The van der Waals surface area contributed by atoms with Crippen molar-refractivity contribution in [2.75, 3.05) is 44.4 Å². The van der Waals surface area contributed by atoms with E-state index in [1.54, 1.807) is 26.0 Å². The molecule has 0 aromatic carbocycles. The summed E-state index contributed by atoms with van der Waals surface area (Å²) in [6, 6.07) is 0. The first-order valence-electron chi connectivity index (χ1n) is 6.74. The van der Waals surface area contributed by atoms with Crippen molar-refractivity contribution in [1.29, 1.82) is 0 Å². The monoisotopic (exact) mass is 317 g/mol. The second kappa shape index (κ2) is 6.07. The quantitative estimate of drug-likeness (QED) is 0.908. The van der Waals surface area contributed by atoms with Crippen LogP contribution >= 0.6 is 0 Å². The third-order valence-corrected chi connectivity index (χ3v) is 3.57. The van der Waals surface area contributed by atoms with Gasteiger partial charge < -0.3 is 15.1 Å². The lowest BCUT2D eigenvalue weighted by Gasteiger charge is -2.20. The number of carbonyl (C=O) groups is 1. The molecule has 1 aromatic rings. The summed E-state index contributed by atoms with van der Waals surface area (Å²) < 4.78 is 39.0. The molecule has 1 aliphatic rings. The molecule has 122 valence electrons. The van der Waals surface area contributed by atoms with Crippen molar-refractivity contribution in [3.63, 3.8) is 0 Å². The summed E-state index contributed by atoms with van der Waals surface area (Å²) in [6.45, 7) is -0.0930. The van der Waals surface area contributed by atoms with Gasteiger partial charge in [0, 0.05) is 27.2 Å². The van der Waals surface area contributed by atoms with E-state index in [1.165, 1.54) is 17.3 Å². The molecule has 1 aromatic heterocycles. The zero-order chi connectivity index (χ0) is 16.5. The van der Waals surface area contributed by atoms with E-state index < -0.39 is 23.9 Å². The second-order valence-electron chi connectivity index (χ2n) is 5.63. The van der Waals surface area contributed by atoms with Crippen molar-refractivity contribution in [3.05, 3.63) is 12.4 Å². The van der Waals surface area contributed by atoms with Gasteiger partial charge >= 0.3 is 6.18 Å². The fraction of sp³-hybridized carbons (Fsp3) is 0.615. The number of halogens is 3. The molecule has 1 amide bonds. The topological polar surface area (TPSA) is 61.4 Å². The maximum absolute atomic E-state index is 13.0. The Morgan fingerprint density at radius 1 is 1.32 bits per heavy atom. The van der Waals surface area contributed by atoms with Crippen LogP contribution in [0, 0.1) is 11.8 Å². The van der Waals surface area contributed by atoms with E-state index >= 15 is 0 Å². The summed E-state index contributed by atoms with van der Waals surface area (Å²) in [5, 5.41) is 2.46. The molecule has 9 heteroatoms. The van der Waals surface area contributed by atoms with Gasteiger partial charge in [-0.15, -0.1) is 0 Å². The molecule has 6 nitrogen and oxygen atoms in total. The highest BCUT2D eigenvalue weighted by atomic mass is 19.4. The van der Waals surface area contributed by atoms with Gasteiger partial charge in [-0.25, -0.2) is 9.97 Å². The number of amides is 1. The largest absolute Gasteiger partial charge is 0.393 e. The number of aromatic nitrogens is 2. The molecular formula is C13H18F3N5O. The van der Waals surface area contributed by atoms with E-state index in [9.17, 15) is 18.0 Å². The summed E-state index contributed by atoms with van der Waals surface area (Å²) in [5.74, 6) is -2.99. The Hall–Kier alpha value is -1.90. The Morgan fingerprint density at radius 3 is 2.41 bits per heavy atom. The highest BCUT2D eigenvalue weighted by molar-refractivity contribution is 5.93. The Balaban J connectivity index is 2.07. The van der Waals surface area contributed by atoms with Gasteiger partial charge in [-0.2, -0.15) is 13.2 Å². The Bertz CT molecular complexity index is 531. The molecule has 1 aliphatic heterocycles. The lowest BCUT2D eigenvalue weighted by molar-refractivity contribution is -0.182. The van der Waals surface area contributed by atoms with Crippen LogP contribution in [0.25, 0.3) is 0 Å². The molecule has 0 unspecified atom stereocenters. The van der Waals surface area contributed by atoms with Crippen molar-refractivity contribution in [1.82, 2.24) is 14.9 Å². The fourth-order valence-corrected chi connectivity index (χ4v) is 2.45. The molecule has 0 radical (unpaired) electrons. The fourth-order valence-electron chi connectivity index (χ4n) is 2.45. The SMILES string of the molecule is CN1C[C@@H](C(F)(F)F)[C@H](C(=O)Nc2cnc(N(C)C)nc2)C1. The third-order valence-electron chi connectivity index (χ3n) is 3.57. The van der Waals surface area contributed by atoms with Gasteiger partial charge in [0.05, 0.1) is 29.9 Å². The molecule has 1 N–H and O–H groups in total. The van der Waals surface area contributed by atoms with Crippen LogP contribution in [0.4, 0.5) is 24.8 Å². The Morgan fingerprint density at radius 2 is 1.91 bits per heavy atom. The first-order valence-corrected chi connectivity index (χ1v) is 6.74. The average Bonchev–Trinajstić information content (AvgIpc) is 2.81. The van der Waals surface area contributed by atoms with E-state index in [0.717, 1.165) is 0 Å². The number of rotatable bonds is 3. The van der Waals surface area contributed by atoms with E-state index in [4.69, 9.17) is 0 Å². The van der Waals surface area contributed by atoms with Gasteiger partial charge in [-0.3, -0.25) is 4.79 Å². The zero-order valence-electron chi connectivity index (χ0n) is 12.6. The van der Waals surface area contributed by atoms with Crippen LogP contribution in [0.15, 0.2) is 12.4 Å².